The highest BCUT2D eigenvalue weighted by molar-refractivity contribution is 5.98. The SMILES string of the molecule is COc1cc(C(=O)O)cc(C(=O)N(C)CCCc2c(C)n[nH]c2C)c1. The minimum absolute atomic E-state index is 0.0285. The molecule has 1 aromatic heterocycles. The van der Waals surface area contributed by atoms with Crippen LogP contribution in [0.15, 0.2) is 18.2 Å². The molecular formula is C18H23N3O4. The lowest BCUT2D eigenvalue weighted by Gasteiger charge is -2.18. The number of rotatable bonds is 7. The van der Waals surface area contributed by atoms with E-state index in [9.17, 15) is 9.59 Å². The van der Waals surface area contributed by atoms with Crippen molar-refractivity contribution in [1.29, 1.82) is 0 Å². The van der Waals surface area contributed by atoms with Gasteiger partial charge in [-0.25, -0.2) is 4.79 Å². The van der Waals surface area contributed by atoms with Crippen LogP contribution < -0.4 is 4.74 Å². The number of hydrogen-bond acceptors (Lipinski definition) is 4. The number of aromatic amines is 1. The predicted molar refractivity (Wildman–Crippen MR) is 93.3 cm³/mol. The Morgan fingerprint density at radius 3 is 2.48 bits per heavy atom. The molecule has 0 atom stereocenters. The molecule has 1 amide bonds. The number of carbonyl (C=O) groups excluding carboxylic acids is 1. The van der Waals surface area contributed by atoms with E-state index in [1.54, 1.807) is 18.0 Å². The number of carboxylic acids is 1. The van der Waals surface area contributed by atoms with Gasteiger partial charge in [-0.3, -0.25) is 9.89 Å². The van der Waals surface area contributed by atoms with E-state index >= 15 is 0 Å². The fraction of sp³-hybridized carbons (Fsp3) is 0.389. The molecule has 7 nitrogen and oxygen atoms in total. The molecule has 0 spiro atoms. The molecular weight excluding hydrogens is 322 g/mol. The van der Waals surface area contributed by atoms with Gasteiger partial charge >= 0.3 is 5.97 Å². The van der Waals surface area contributed by atoms with Gasteiger partial charge in [0, 0.05) is 24.8 Å². The van der Waals surface area contributed by atoms with Crippen LogP contribution in [0.25, 0.3) is 0 Å². The van der Waals surface area contributed by atoms with Gasteiger partial charge in [0.1, 0.15) is 5.75 Å². The zero-order valence-corrected chi connectivity index (χ0v) is 14.9. The highest BCUT2D eigenvalue weighted by Crippen LogP contribution is 2.19. The second kappa shape index (κ2) is 7.83. The molecule has 2 rings (SSSR count). The standard InChI is InChI=1S/C18H23N3O4/c1-11-16(12(2)20-19-11)6-5-7-21(3)17(22)13-8-14(18(23)24)10-15(9-13)25-4/h8-10H,5-7H2,1-4H3,(H,19,20)(H,23,24). The number of ether oxygens (including phenoxy) is 1. The van der Waals surface area contributed by atoms with Crippen molar-refractivity contribution in [2.45, 2.75) is 26.7 Å². The van der Waals surface area contributed by atoms with E-state index in [0.717, 1.165) is 24.2 Å². The fourth-order valence-electron chi connectivity index (χ4n) is 2.72. The fourth-order valence-corrected chi connectivity index (χ4v) is 2.72. The molecule has 0 saturated carbocycles. The summed E-state index contributed by atoms with van der Waals surface area (Å²) in [7, 11) is 3.14. The molecule has 0 aliphatic carbocycles. The molecule has 1 aromatic carbocycles. The normalized spacial score (nSPS) is 10.6. The Morgan fingerprint density at radius 1 is 1.24 bits per heavy atom. The van der Waals surface area contributed by atoms with Crippen LogP contribution in [0.4, 0.5) is 0 Å². The molecule has 7 heteroatoms. The average molecular weight is 345 g/mol. The summed E-state index contributed by atoms with van der Waals surface area (Å²) in [4.78, 5) is 25.4. The van der Waals surface area contributed by atoms with Gasteiger partial charge in [0.2, 0.25) is 0 Å². The molecule has 1 heterocycles. The number of aryl methyl sites for hydroxylation is 2. The van der Waals surface area contributed by atoms with Gasteiger partial charge in [-0.1, -0.05) is 0 Å². The first kappa shape index (κ1) is 18.5. The number of nitrogens with one attached hydrogen (secondary N) is 1. The van der Waals surface area contributed by atoms with Crippen molar-refractivity contribution in [2.75, 3.05) is 20.7 Å². The quantitative estimate of drug-likeness (QED) is 0.803. The van der Waals surface area contributed by atoms with Crippen molar-refractivity contribution in [3.05, 3.63) is 46.3 Å². The van der Waals surface area contributed by atoms with Crippen LogP contribution in [-0.2, 0) is 6.42 Å². The number of amides is 1. The van der Waals surface area contributed by atoms with E-state index in [0.29, 0.717) is 17.9 Å². The Kier molecular flexibility index (Phi) is 5.80. The molecule has 0 saturated heterocycles. The van der Waals surface area contributed by atoms with E-state index in [-0.39, 0.29) is 11.5 Å². The number of carbonyl (C=O) groups is 2. The molecule has 0 radical (unpaired) electrons. The van der Waals surface area contributed by atoms with Gasteiger partial charge in [-0.05, 0) is 50.5 Å². The smallest absolute Gasteiger partial charge is 0.335 e. The number of carboxylic acid groups (broad SMARTS) is 1. The van der Waals surface area contributed by atoms with E-state index in [1.165, 1.54) is 24.8 Å². The molecule has 0 aliphatic heterocycles. The molecule has 0 fully saturated rings. The summed E-state index contributed by atoms with van der Waals surface area (Å²) in [5, 5.41) is 16.3. The first-order valence-corrected chi connectivity index (χ1v) is 8.01. The first-order valence-electron chi connectivity index (χ1n) is 8.01. The Hall–Kier alpha value is -2.83. The molecule has 25 heavy (non-hydrogen) atoms. The lowest BCUT2D eigenvalue weighted by Crippen LogP contribution is -2.28. The Balaban J connectivity index is 2.04. The lowest BCUT2D eigenvalue weighted by molar-refractivity contribution is 0.0696. The minimum atomic E-state index is -1.10. The first-order chi connectivity index (χ1) is 11.8. The molecule has 2 aromatic rings. The second-order valence-corrected chi connectivity index (χ2v) is 6.00. The van der Waals surface area contributed by atoms with Crippen molar-refractivity contribution >= 4 is 11.9 Å². The van der Waals surface area contributed by atoms with Crippen LogP contribution in [0.2, 0.25) is 0 Å². The van der Waals surface area contributed by atoms with Crippen LogP contribution in [0.3, 0.4) is 0 Å². The largest absolute Gasteiger partial charge is 0.497 e. The number of nitrogens with zero attached hydrogens (tertiary/aromatic N) is 2. The number of hydrogen-bond donors (Lipinski definition) is 2. The number of methoxy groups -OCH3 is 1. The summed E-state index contributed by atoms with van der Waals surface area (Å²) in [5.74, 6) is -0.982. The van der Waals surface area contributed by atoms with E-state index in [1.807, 2.05) is 13.8 Å². The maximum Gasteiger partial charge on any atom is 0.335 e. The zero-order valence-electron chi connectivity index (χ0n) is 14.9. The summed E-state index contributed by atoms with van der Waals surface area (Å²) in [5.41, 5.74) is 3.53. The van der Waals surface area contributed by atoms with Crippen LogP contribution >= 0.6 is 0 Å². The summed E-state index contributed by atoms with van der Waals surface area (Å²) < 4.78 is 5.09. The van der Waals surface area contributed by atoms with E-state index in [2.05, 4.69) is 10.2 Å². The molecule has 2 N–H and O–H groups in total. The highest BCUT2D eigenvalue weighted by Gasteiger charge is 2.16. The third-order valence-electron chi connectivity index (χ3n) is 4.18. The van der Waals surface area contributed by atoms with E-state index in [4.69, 9.17) is 9.84 Å². The molecule has 0 bridgehead atoms. The van der Waals surface area contributed by atoms with Crippen molar-refractivity contribution in [3.63, 3.8) is 0 Å². The van der Waals surface area contributed by atoms with Crippen LogP contribution in [0, 0.1) is 13.8 Å². The minimum Gasteiger partial charge on any atom is -0.497 e. The number of H-pyrrole nitrogens is 1. The van der Waals surface area contributed by atoms with Gasteiger partial charge in [0.25, 0.3) is 5.91 Å². The molecule has 134 valence electrons. The Bertz CT molecular complexity index is 763. The predicted octanol–water partition coefficient (Wildman–Crippen LogP) is 2.44. The number of aromatic nitrogens is 2. The van der Waals surface area contributed by atoms with Gasteiger partial charge in [-0.2, -0.15) is 5.10 Å². The van der Waals surface area contributed by atoms with Crippen molar-refractivity contribution in [2.24, 2.45) is 0 Å². The third kappa shape index (κ3) is 4.37. The van der Waals surface area contributed by atoms with Crippen molar-refractivity contribution in [3.8, 4) is 5.75 Å². The van der Waals surface area contributed by atoms with Gasteiger partial charge in [-0.15, -0.1) is 0 Å². The monoisotopic (exact) mass is 345 g/mol. The number of aromatic carboxylic acids is 1. The van der Waals surface area contributed by atoms with Crippen LogP contribution in [0.5, 0.6) is 5.75 Å². The van der Waals surface area contributed by atoms with Crippen molar-refractivity contribution < 1.29 is 19.4 Å². The van der Waals surface area contributed by atoms with Gasteiger partial charge in [0.15, 0.2) is 0 Å². The highest BCUT2D eigenvalue weighted by atomic mass is 16.5. The maximum atomic E-state index is 12.6. The van der Waals surface area contributed by atoms with Crippen LogP contribution in [0.1, 0.15) is 44.1 Å². The number of benzene rings is 1. The van der Waals surface area contributed by atoms with Crippen LogP contribution in [-0.4, -0.2) is 52.8 Å². The van der Waals surface area contributed by atoms with Gasteiger partial charge < -0.3 is 14.7 Å². The zero-order chi connectivity index (χ0) is 18.6. The van der Waals surface area contributed by atoms with E-state index < -0.39 is 5.97 Å². The Morgan fingerprint density at radius 2 is 1.92 bits per heavy atom. The third-order valence-corrected chi connectivity index (χ3v) is 4.18. The molecule has 0 unspecified atom stereocenters. The van der Waals surface area contributed by atoms with Gasteiger partial charge in [0.05, 0.1) is 18.4 Å². The summed E-state index contributed by atoms with van der Waals surface area (Å²) in [6.45, 7) is 4.49. The Labute approximate surface area is 146 Å². The summed E-state index contributed by atoms with van der Waals surface area (Å²) in [6.07, 6.45) is 1.61. The van der Waals surface area contributed by atoms with Crippen molar-refractivity contribution in [1.82, 2.24) is 15.1 Å². The lowest BCUT2D eigenvalue weighted by atomic mass is 10.1. The molecule has 0 aliphatic rings. The topological polar surface area (TPSA) is 95.5 Å². The second-order valence-electron chi connectivity index (χ2n) is 6.00. The average Bonchev–Trinajstić information content (AvgIpc) is 2.92. The maximum absolute atomic E-state index is 12.6. The summed E-state index contributed by atoms with van der Waals surface area (Å²) >= 11 is 0. The summed E-state index contributed by atoms with van der Waals surface area (Å²) in [6, 6.07) is 4.31.